The zero-order valence-electron chi connectivity index (χ0n) is 8.93. The second kappa shape index (κ2) is 4.99. The minimum atomic E-state index is -0.291. The molecule has 0 amide bonds. The molecule has 0 spiro atoms. The first-order chi connectivity index (χ1) is 7.75. The summed E-state index contributed by atoms with van der Waals surface area (Å²) in [4.78, 5) is 17.5. The third-order valence-electron chi connectivity index (χ3n) is 2.18. The molecule has 0 aliphatic heterocycles. The number of nitrogens with one attached hydrogen (secondary N) is 1. The topological polar surface area (TPSA) is 45.8 Å². The number of nitrogens with zero attached hydrogens (tertiary/aromatic N) is 1. The number of thioether (sulfide) groups is 1. The van der Waals surface area contributed by atoms with E-state index in [-0.39, 0.29) is 5.69 Å². The maximum absolute atomic E-state index is 11.1. The van der Waals surface area contributed by atoms with Crippen molar-refractivity contribution in [2.45, 2.75) is 17.7 Å². The maximum Gasteiger partial charge on any atom is 0.345 e. The van der Waals surface area contributed by atoms with Gasteiger partial charge in [-0.05, 0) is 18.1 Å². The van der Waals surface area contributed by atoms with Crippen LogP contribution in [0.5, 0.6) is 0 Å². The zero-order valence-corrected chi connectivity index (χ0v) is 9.75. The Balaban J connectivity index is 2.10. The van der Waals surface area contributed by atoms with Crippen molar-refractivity contribution < 1.29 is 0 Å². The van der Waals surface area contributed by atoms with Gasteiger partial charge in [0.15, 0.2) is 0 Å². The summed E-state index contributed by atoms with van der Waals surface area (Å²) in [5.74, 6) is 0.849. The first kappa shape index (κ1) is 11.0. The fourth-order valence-electron chi connectivity index (χ4n) is 1.32. The van der Waals surface area contributed by atoms with Crippen LogP contribution in [0.1, 0.15) is 11.1 Å². The molecular weight excluding hydrogens is 220 g/mol. The summed E-state index contributed by atoms with van der Waals surface area (Å²) in [6, 6.07) is 10.2. The number of H-pyrrole nitrogens is 1. The van der Waals surface area contributed by atoms with Crippen molar-refractivity contribution in [2.75, 3.05) is 0 Å². The van der Waals surface area contributed by atoms with Gasteiger partial charge in [-0.2, -0.15) is 0 Å². The largest absolute Gasteiger partial charge is 0.345 e. The van der Waals surface area contributed by atoms with Crippen molar-refractivity contribution in [3.05, 3.63) is 58.1 Å². The van der Waals surface area contributed by atoms with Gasteiger partial charge in [-0.25, -0.2) is 9.78 Å². The first-order valence-electron chi connectivity index (χ1n) is 4.98. The van der Waals surface area contributed by atoms with E-state index in [9.17, 15) is 4.79 Å². The van der Waals surface area contributed by atoms with Crippen LogP contribution in [0.4, 0.5) is 0 Å². The van der Waals surface area contributed by atoms with Crippen LogP contribution in [-0.2, 0) is 5.75 Å². The monoisotopic (exact) mass is 232 g/mol. The standard InChI is InChI=1S/C12H12N2OS/c1-9-7-13-12(15)14-11(9)16-8-10-5-3-2-4-6-10/h2-7H,8H2,1H3,(H,13,14,15). The molecule has 1 N–H and O–H groups in total. The van der Waals surface area contributed by atoms with Crippen LogP contribution in [0.3, 0.4) is 0 Å². The molecule has 1 heterocycles. The summed E-state index contributed by atoms with van der Waals surface area (Å²) >= 11 is 1.62. The summed E-state index contributed by atoms with van der Waals surface area (Å²) < 4.78 is 0. The Morgan fingerprint density at radius 2 is 2.06 bits per heavy atom. The van der Waals surface area contributed by atoms with Gasteiger partial charge >= 0.3 is 5.69 Å². The maximum atomic E-state index is 11.1. The van der Waals surface area contributed by atoms with E-state index >= 15 is 0 Å². The molecule has 0 aliphatic rings. The molecule has 1 aromatic carbocycles. The highest BCUT2D eigenvalue weighted by Crippen LogP contribution is 2.21. The van der Waals surface area contributed by atoms with Gasteiger partial charge in [0.25, 0.3) is 0 Å². The van der Waals surface area contributed by atoms with Gasteiger partial charge in [0.1, 0.15) is 0 Å². The van der Waals surface area contributed by atoms with E-state index in [4.69, 9.17) is 0 Å². The van der Waals surface area contributed by atoms with Crippen molar-refractivity contribution in [1.29, 1.82) is 0 Å². The van der Waals surface area contributed by atoms with E-state index in [2.05, 4.69) is 22.1 Å². The Labute approximate surface area is 97.9 Å². The third-order valence-corrected chi connectivity index (χ3v) is 3.37. The molecule has 0 unspecified atom stereocenters. The van der Waals surface area contributed by atoms with Gasteiger partial charge in [0, 0.05) is 11.9 Å². The molecule has 16 heavy (non-hydrogen) atoms. The molecule has 0 radical (unpaired) electrons. The summed E-state index contributed by atoms with van der Waals surface area (Å²) in [5.41, 5.74) is 1.95. The van der Waals surface area contributed by atoms with Crippen LogP contribution in [0.15, 0.2) is 46.3 Å². The number of benzene rings is 1. The summed E-state index contributed by atoms with van der Waals surface area (Å²) in [6.45, 7) is 1.94. The number of rotatable bonds is 3. The number of hydrogen-bond donors (Lipinski definition) is 1. The fourth-order valence-corrected chi connectivity index (χ4v) is 2.27. The van der Waals surface area contributed by atoms with Crippen LogP contribution < -0.4 is 5.69 Å². The molecule has 82 valence electrons. The predicted molar refractivity (Wildman–Crippen MR) is 65.6 cm³/mol. The van der Waals surface area contributed by atoms with Gasteiger partial charge in [0.05, 0.1) is 5.03 Å². The van der Waals surface area contributed by atoms with Crippen molar-refractivity contribution in [1.82, 2.24) is 9.97 Å². The lowest BCUT2D eigenvalue weighted by Crippen LogP contribution is -2.10. The molecule has 1 aromatic heterocycles. The lowest BCUT2D eigenvalue weighted by atomic mass is 10.2. The van der Waals surface area contributed by atoms with Crippen molar-refractivity contribution >= 4 is 11.8 Å². The van der Waals surface area contributed by atoms with Gasteiger partial charge < -0.3 is 4.98 Å². The number of hydrogen-bond acceptors (Lipinski definition) is 3. The highest BCUT2D eigenvalue weighted by molar-refractivity contribution is 7.98. The summed E-state index contributed by atoms with van der Waals surface area (Å²) in [7, 11) is 0. The molecule has 0 saturated carbocycles. The minimum Gasteiger partial charge on any atom is -0.300 e. The molecule has 0 bridgehead atoms. The molecule has 2 aromatic rings. The highest BCUT2D eigenvalue weighted by atomic mass is 32.2. The van der Waals surface area contributed by atoms with E-state index in [0.29, 0.717) is 0 Å². The molecule has 0 saturated heterocycles. The number of aromatic amines is 1. The van der Waals surface area contributed by atoms with E-state index < -0.39 is 0 Å². The van der Waals surface area contributed by atoms with Gasteiger partial charge in [0.2, 0.25) is 0 Å². The average molecular weight is 232 g/mol. The normalized spacial score (nSPS) is 10.3. The minimum absolute atomic E-state index is 0.291. The SMILES string of the molecule is Cc1cnc(=O)[nH]c1SCc1ccccc1. The smallest absolute Gasteiger partial charge is 0.300 e. The van der Waals surface area contributed by atoms with Crippen molar-refractivity contribution in [2.24, 2.45) is 0 Å². The molecule has 0 fully saturated rings. The average Bonchev–Trinajstić information content (AvgIpc) is 2.32. The Morgan fingerprint density at radius 1 is 1.31 bits per heavy atom. The van der Waals surface area contributed by atoms with Crippen LogP contribution >= 0.6 is 11.8 Å². The molecule has 0 atom stereocenters. The highest BCUT2D eigenvalue weighted by Gasteiger charge is 2.01. The van der Waals surface area contributed by atoms with Crippen LogP contribution in [0.2, 0.25) is 0 Å². The van der Waals surface area contributed by atoms with E-state index in [1.54, 1.807) is 18.0 Å². The molecule has 0 aliphatic carbocycles. The third kappa shape index (κ3) is 2.73. The fraction of sp³-hybridized carbons (Fsp3) is 0.167. The van der Waals surface area contributed by atoms with E-state index in [1.165, 1.54) is 5.56 Å². The van der Waals surface area contributed by atoms with Gasteiger partial charge in [-0.15, -0.1) is 11.8 Å². The van der Waals surface area contributed by atoms with E-state index in [0.717, 1.165) is 16.3 Å². The van der Waals surface area contributed by atoms with Crippen LogP contribution in [0.25, 0.3) is 0 Å². The number of aromatic nitrogens is 2. The first-order valence-corrected chi connectivity index (χ1v) is 5.97. The molecular formula is C12H12N2OS. The van der Waals surface area contributed by atoms with Crippen molar-refractivity contribution in [3.8, 4) is 0 Å². The predicted octanol–water partition coefficient (Wildman–Crippen LogP) is 2.37. The molecule has 3 nitrogen and oxygen atoms in total. The lowest BCUT2D eigenvalue weighted by Gasteiger charge is -2.04. The Morgan fingerprint density at radius 3 is 2.81 bits per heavy atom. The Kier molecular flexibility index (Phi) is 3.41. The van der Waals surface area contributed by atoms with Crippen LogP contribution in [-0.4, -0.2) is 9.97 Å². The lowest BCUT2D eigenvalue weighted by molar-refractivity contribution is 0.946. The quantitative estimate of drug-likeness (QED) is 0.652. The Bertz CT molecular complexity index is 522. The Hall–Kier alpha value is -1.55. The summed E-state index contributed by atoms with van der Waals surface area (Å²) in [6.07, 6.45) is 1.60. The van der Waals surface area contributed by atoms with Gasteiger partial charge in [-0.1, -0.05) is 30.3 Å². The molecule has 2 rings (SSSR count). The summed E-state index contributed by atoms with van der Waals surface area (Å²) in [5, 5.41) is 0.892. The van der Waals surface area contributed by atoms with Gasteiger partial charge in [-0.3, -0.25) is 0 Å². The molecule has 4 heteroatoms. The van der Waals surface area contributed by atoms with Crippen molar-refractivity contribution in [3.63, 3.8) is 0 Å². The second-order valence-corrected chi connectivity index (χ2v) is 4.46. The second-order valence-electron chi connectivity index (χ2n) is 3.47. The van der Waals surface area contributed by atoms with Crippen LogP contribution in [0, 0.1) is 6.92 Å². The zero-order chi connectivity index (χ0) is 11.4. The van der Waals surface area contributed by atoms with E-state index in [1.807, 2.05) is 25.1 Å². The number of aryl methyl sites for hydroxylation is 1.